The van der Waals surface area contributed by atoms with Crippen molar-refractivity contribution in [1.82, 2.24) is 5.32 Å². The van der Waals surface area contributed by atoms with Crippen LogP contribution in [0.1, 0.15) is 5.56 Å². The Balaban J connectivity index is 1.66. The maximum atomic E-state index is 11.9. The number of hydrogen-bond donors (Lipinski definition) is 2. The highest BCUT2D eigenvalue weighted by Crippen LogP contribution is 2.12. The van der Waals surface area contributed by atoms with E-state index < -0.39 is 12.0 Å². The number of carbonyl (C=O) groups is 1. The normalized spacial score (nSPS) is 10.9. The Labute approximate surface area is 159 Å². The number of ether oxygens (including phenoxy) is 3. The molecule has 0 bridgehead atoms. The Morgan fingerprint density at radius 2 is 1.78 bits per heavy atom. The first kappa shape index (κ1) is 20.1. The lowest BCUT2D eigenvalue weighted by Crippen LogP contribution is -2.39. The summed E-state index contributed by atoms with van der Waals surface area (Å²) in [6.07, 6.45) is 1.88. The molecule has 2 aromatic carbocycles. The van der Waals surface area contributed by atoms with Crippen LogP contribution in [0, 0.1) is 12.0 Å². The van der Waals surface area contributed by atoms with Crippen molar-refractivity contribution in [3.63, 3.8) is 0 Å². The largest absolute Gasteiger partial charge is 0.490 e. The van der Waals surface area contributed by atoms with Crippen LogP contribution >= 0.6 is 0 Å². The molecule has 0 spiro atoms. The molecule has 6 nitrogen and oxygen atoms in total. The van der Waals surface area contributed by atoms with Crippen LogP contribution in [0.15, 0.2) is 54.6 Å². The van der Waals surface area contributed by atoms with E-state index >= 15 is 0 Å². The van der Waals surface area contributed by atoms with Crippen LogP contribution in [0.2, 0.25) is 0 Å². The molecule has 0 aliphatic rings. The molecule has 142 valence electrons. The Morgan fingerprint density at radius 3 is 2.48 bits per heavy atom. The molecule has 0 saturated heterocycles. The van der Waals surface area contributed by atoms with Gasteiger partial charge in [0.05, 0.1) is 7.11 Å². The Kier molecular flexibility index (Phi) is 8.54. The van der Waals surface area contributed by atoms with Gasteiger partial charge in [0.1, 0.15) is 24.2 Å². The molecular weight excluding hydrogens is 346 g/mol. The zero-order valence-corrected chi connectivity index (χ0v) is 15.2. The Bertz CT molecular complexity index is 750. The number of nitrogens with one attached hydrogen (secondary N) is 1. The Morgan fingerprint density at radius 1 is 1.07 bits per heavy atom. The summed E-state index contributed by atoms with van der Waals surface area (Å²) in [7, 11) is 1.50. The standard InChI is InChI=1S/C21H23NO5/c1-25-14-5-15-26-19-10-8-17(9-11-19)12-13-22-21(24)20(23)16-27-18-6-3-2-4-7-18/h2-4,6-11,20,23H,12-13,15-16H2,1H3,(H,22,24). The molecule has 0 radical (unpaired) electrons. The molecule has 2 aromatic rings. The number of aliphatic hydroxyl groups is 1. The van der Waals surface area contributed by atoms with E-state index in [9.17, 15) is 9.90 Å². The lowest BCUT2D eigenvalue weighted by Gasteiger charge is -2.13. The summed E-state index contributed by atoms with van der Waals surface area (Å²) >= 11 is 0. The first-order valence-corrected chi connectivity index (χ1v) is 8.55. The van der Waals surface area contributed by atoms with Crippen molar-refractivity contribution in [2.45, 2.75) is 12.5 Å². The van der Waals surface area contributed by atoms with Gasteiger partial charge in [-0.2, -0.15) is 0 Å². The van der Waals surface area contributed by atoms with Crippen LogP contribution in [0.3, 0.4) is 0 Å². The zero-order chi connectivity index (χ0) is 19.3. The average Bonchev–Trinajstić information content (AvgIpc) is 2.71. The smallest absolute Gasteiger partial charge is 0.252 e. The molecule has 2 N–H and O–H groups in total. The summed E-state index contributed by atoms with van der Waals surface area (Å²) in [5, 5.41) is 12.6. The molecule has 1 amide bonds. The predicted octanol–water partition coefficient (Wildman–Crippen LogP) is 1.77. The molecular formula is C21H23NO5. The number of benzene rings is 2. The number of methoxy groups -OCH3 is 1. The van der Waals surface area contributed by atoms with Crippen molar-refractivity contribution >= 4 is 5.91 Å². The van der Waals surface area contributed by atoms with Crippen molar-refractivity contribution < 1.29 is 24.1 Å². The van der Waals surface area contributed by atoms with Gasteiger partial charge in [0.2, 0.25) is 0 Å². The van der Waals surface area contributed by atoms with Crippen LogP contribution in [0.25, 0.3) is 0 Å². The van der Waals surface area contributed by atoms with Gasteiger partial charge in [0.15, 0.2) is 12.7 Å². The minimum atomic E-state index is -1.21. The van der Waals surface area contributed by atoms with Gasteiger partial charge >= 0.3 is 0 Å². The van der Waals surface area contributed by atoms with E-state index in [0.717, 1.165) is 5.56 Å². The number of hydrogen-bond acceptors (Lipinski definition) is 5. The number of carbonyl (C=O) groups excluding carboxylic acids is 1. The summed E-state index contributed by atoms with van der Waals surface area (Å²) < 4.78 is 15.4. The van der Waals surface area contributed by atoms with E-state index in [2.05, 4.69) is 22.1 Å². The van der Waals surface area contributed by atoms with Crippen LogP contribution < -0.4 is 14.8 Å². The van der Waals surface area contributed by atoms with Crippen molar-refractivity contribution in [3.8, 4) is 23.5 Å². The van der Waals surface area contributed by atoms with Crippen molar-refractivity contribution in [2.75, 3.05) is 26.9 Å². The van der Waals surface area contributed by atoms with Crippen LogP contribution in [0.5, 0.6) is 11.5 Å². The number of para-hydroxylation sites is 1. The third-order valence-electron chi connectivity index (χ3n) is 3.58. The van der Waals surface area contributed by atoms with Crippen LogP contribution in [-0.2, 0) is 16.0 Å². The topological polar surface area (TPSA) is 77.0 Å². The average molecular weight is 369 g/mol. The first-order valence-electron chi connectivity index (χ1n) is 8.55. The lowest BCUT2D eigenvalue weighted by molar-refractivity contribution is -0.130. The van der Waals surface area contributed by atoms with Crippen molar-refractivity contribution in [1.29, 1.82) is 0 Å². The maximum absolute atomic E-state index is 11.9. The third-order valence-corrected chi connectivity index (χ3v) is 3.58. The van der Waals surface area contributed by atoms with Gasteiger partial charge in [-0.05, 0) is 42.2 Å². The fourth-order valence-corrected chi connectivity index (χ4v) is 2.19. The quantitative estimate of drug-likeness (QED) is 0.659. The van der Waals surface area contributed by atoms with E-state index in [1.807, 2.05) is 42.5 Å². The molecule has 27 heavy (non-hydrogen) atoms. The first-order chi connectivity index (χ1) is 13.2. The van der Waals surface area contributed by atoms with Crippen molar-refractivity contribution in [3.05, 3.63) is 60.2 Å². The summed E-state index contributed by atoms with van der Waals surface area (Å²) in [6, 6.07) is 16.6. The maximum Gasteiger partial charge on any atom is 0.252 e. The van der Waals surface area contributed by atoms with E-state index in [1.165, 1.54) is 7.11 Å². The molecule has 0 aromatic heterocycles. The molecule has 1 atom stereocenters. The SMILES string of the molecule is COC#CCOc1ccc(CCNC(=O)C(O)COc2ccccc2)cc1. The highest BCUT2D eigenvalue weighted by Gasteiger charge is 2.15. The number of rotatable bonds is 9. The third kappa shape index (κ3) is 7.72. The fourth-order valence-electron chi connectivity index (χ4n) is 2.19. The van der Waals surface area contributed by atoms with Gasteiger partial charge in [-0.3, -0.25) is 4.79 Å². The minimum absolute atomic E-state index is 0.0894. The lowest BCUT2D eigenvalue weighted by atomic mass is 10.1. The van der Waals surface area contributed by atoms with E-state index in [4.69, 9.17) is 9.47 Å². The molecule has 0 fully saturated rings. The van der Waals surface area contributed by atoms with Crippen molar-refractivity contribution in [2.24, 2.45) is 0 Å². The monoisotopic (exact) mass is 369 g/mol. The second kappa shape index (κ2) is 11.4. The van der Waals surface area contributed by atoms with E-state index in [-0.39, 0.29) is 13.2 Å². The highest BCUT2D eigenvalue weighted by molar-refractivity contribution is 5.80. The summed E-state index contributed by atoms with van der Waals surface area (Å²) in [5.41, 5.74) is 1.04. The number of aliphatic hydroxyl groups excluding tert-OH is 1. The van der Waals surface area contributed by atoms with Gasteiger partial charge in [-0.25, -0.2) is 0 Å². The second-order valence-corrected chi connectivity index (χ2v) is 5.60. The number of amides is 1. The molecule has 0 aliphatic heterocycles. The summed E-state index contributed by atoms with van der Waals surface area (Å²) in [4.78, 5) is 11.9. The highest BCUT2D eigenvalue weighted by atomic mass is 16.5. The van der Waals surface area contributed by atoms with E-state index in [1.54, 1.807) is 12.1 Å². The molecule has 2 rings (SSSR count). The van der Waals surface area contributed by atoms with Crippen LogP contribution in [-0.4, -0.2) is 44.0 Å². The van der Waals surface area contributed by atoms with Gasteiger partial charge in [0, 0.05) is 6.54 Å². The fraction of sp³-hybridized carbons (Fsp3) is 0.286. The van der Waals surface area contributed by atoms with Crippen LogP contribution in [0.4, 0.5) is 0 Å². The minimum Gasteiger partial charge on any atom is -0.490 e. The van der Waals surface area contributed by atoms with Gasteiger partial charge in [-0.1, -0.05) is 30.3 Å². The summed E-state index contributed by atoms with van der Waals surface area (Å²) in [6.45, 7) is 0.584. The zero-order valence-electron chi connectivity index (χ0n) is 15.2. The van der Waals surface area contributed by atoms with Gasteiger partial charge < -0.3 is 24.6 Å². The molecule has 1 unspecified atom stereocenters. The molecule has 6 heteroatoms. The van der Waals surface area contributed by atoms with Gasteiger partial charge in [-0.15, -0.1) is 0 Å². The predicted molar refractivity (Wildman–Crippen MR) is 101 cm³/mol. The molecule has 0 aliphatic carbocycles. The molecule has 0 heterocycles. The second-order valence-electron chi connectivity index (χ2n) is 5.60. The van der Waals surface area contributed by atoms with E-state index in [0.29, 0.717) is 24.5 Å². The Hall–Kier alpha value is -3.17. The summed E-state index contributed by atoms with van der Waals surface area (Å²) in [5.74, 6) is 3.57. The van der Waals surface area contributed by atoms with Gasteiger partial charge in [0.25, 0.3) is 5.91 Å². The molecule has 0 saturated carbocycles.